The molecular weight excluding hydrogens is 224 g/mol. The van der Waals surface area contributed by atoms with Gasteiger partial charge in [0.2, 0.25) is 0 Å². The number of aromatic amines is 1. The Morgan fingerprint density at radius 1 is 1.38 bits per heavy atom. The summed E-state index contributed by atoms with van der Waals surface area (Å²) in [6, 6.07) is 5.57. The minimum atomic E-state index is -0.00832. The van der Waals surface area contributed by atoms with Crippen LogP contribution in [0.15, 0.2) is 18.2 Å². The second-order valence-electron chi connectivity index (χ2n) is 3.99. The van der Waals surface area contributed by atoms with Crippen LogP contribution in [0.2, 0.25) is 5.02 Å². The number of carbonyl (C=O) groups is 1. The first-order valence-corrected chi connectivity index (χ1v) is 5.38. The summed E-state index contributed by atoms with van der Waals surface area (Å²) in [5.41, 5.74) is 2.37. The van der Waals surface area contributed by atoms with Gasteiger partial charge in [-0.25, -0.2) is 0 Å². The Morgan fingerprint density at radius 2 is 2.06 bits per heavy atom. The summed E-state index contributed by atoms with van der Waals surface area (Å²) in [6.45, 7) is 1.88. The topological polar surface area (TPSA) is 36.1 Å². The van der Waals surface area contributed by atoms with Crippen LogP contribution in [0.3, 0.4) is 0 Å². The number of nitrogens with one attached hydrogen (secondary N) is 1. The maximum Gasteiger partial charge on any atom is 0.255 e. The molecule has 2 rings (SSSR count). The molecule has 0 unspecified atom stereocenters. The van der Waals surface area contributed by atoms with Gasteiger partial charge in [0.05, 0.1) is 16.1 Å². The van der Waals surface area contributed by atoms with Crippen molar-refractivity contribution >= 4 is 28.4 Å². The van der Waals surface area contributed by atoms with E-state index in [1.54, 1.807) is 19.0 Å². The zero-order valence-electron chi connectivity index (χ0n) is 9.47. The summed E-state index contributed by atoms with van der Waals surface area (Å²) in [5, 5.41) is 1.52. The molecule has 16 heavy (non-hydrogen) atoms. The molecule has 0 spiro atoms. The van der Waals surface area contributed by atoms with Gasteiger partial charge in [0.25, 0.3) is 5.91 Å². The Labute approximate surface area is 99.0 Å². The molecule has 84 valence electrons. The fraction of sp³-hybridized carbons (Fsp3) is 0.250. The highest BCUT2D eigenvalue weighted by Crippen LogP contribution is 2.28. The number of hydrogen-bond donors (Lipinski definition) is 1. The van der Waals surface area contributed by atoms with Crippen LogP contribution in [0.1, 0.15) is 16.1 Å². The van der Waals surface area contributed by atoms with Crippen LogP contribution in [0.25, 0.3) is 10.9 Å². The Balaban J connectivity index is 2.75. The highest BCUT2D eigenvalue weighted by atomic mass is 35.5. The van der Waals surface area contributed by atoms with Gasteiger partial charge in [0, 0.05) is 25.2 Å². The lowest BCUT2D eigenvalue weighted by Gasteiger charge is -2.10. The van der Waals surface area contributed by atoms with Gasteiger partial charge in [0.15, 0.2) is 0 Å². The van der Waals surface area contributed by atoms with Crippen LogP contribution in [-0.2, 0) is 0 Å². The van der Waals surface area contributed by atoms with E-state index in [0.717, 1.165) is 16.6 Å². The molecule has 0 aliphatic rings. The Morgan fingerprint density at radius 3 is 2.69 bits per heavy atom. The Bertz CT molecular complexity index is 557. The molecule has 1 N–H and O–H groups in total. The van der Waals surface area contributed by atoms with Gasteiger partial charge in [-0.05, 0) is 13.0 Å². The smallest absolute Gasteiger partial charge is 0.255 e. The van der Waals surface area contributed by atoms with Crippen molar-refractivity contribution in [2.24, 2.45) is 0 Å². The molecule has 0 fully saturated rings. The van der Waals surface area contributed by atoms with E-state index in [4.69, 9.17) is 11.6 Å². The zero-order chi connectivity index (χ0) is 11.9. The van der Waals surface area contributed by atoms with Crippen LogP contribution in [0, 0.1) is 6.92 Å². The predicted molar refractivity (Wildman–Crippen MR) is 66.1 cm³/mol. The summed E-state index contributed by atoms with van der Waals surface area (Å²) in [4.78, 5) is 16.7. The van der Waals surface area contributed by atoms with Crippen molar-refractivity contribution in [2.45, 2.75) is 6.92 Å². The quantitative estimate of drug-likeness (QED) is 0.812. The van der Waals surface area contributed by atoms with E-state index in [1.165, 1.54) is 0 Å². The van der Waals surface area contributed by atoms with Crippen molar-refractivity contribution < 1.29 is 4.79 Å². The maximum atomic E-state index is 12.0. The molecule has 1 heterocycles. The molecule has 1 amide bonds. The van der Waals surface area contributed by atoms with Crippen molar-refractivity contribution in [3.8, 4) is 0 Å². The number of fused-ring (bicyclic) bond motifs is 1. The Kier molecular flexibility index (Phi) is 2.64. The highest BCUT2D eigenvalue weighted by Gasteiger charge is 2.18. The third-order valence-electron chi connectivity index (χ3n) is 2.59. The molecule has 0 atom stereocenters. The predicted octanol–water partition coefficient (Wildman–Crippen LogP) is 2.83. The molecule has 1 aromatic heterocycles. The summed E-state index contributed by atoms with van der Waals surface area (Å²) in [6.07, 6.45) is 0. The lowest BCUT2D eigenvalue weighted by Crippen LogP contribution is -2.22. The second-order valence-corrected chi connectivity index (χ2v) is 4.39. The molecule has 0 bridgehead atoms. The van der Waals surface area contributed by atoms with Crippen molar-refractivity contribution in [3.63, 3.8) is 0 Å². The lowest BCUT2D eigenvalue weighted by molar-refractivity contribution is 0.0829. The van der Waals surface area contributed by atoms with E-state index in [2.05, 4.69) is 4.98 Å². The maximum absolute atomic E-state index is 12.0. The zero-order valence-corrected chi connectivity index (χ0v) is 10.2. The van der Waals surface area contributed by atoms with Gasteiger partial charge in [-0.3, -0.25) is 4.79 Å². The molecule has 3 nitrogen and oxygen atoms in total. The molecule has 4 heteroatoms. The van der Waals surface area contributed by atoms with E-state index < -0.39 is 0 Å². The number of aromatic nitrogens is 1. The number of halogens is 1. The van der Waals surface area contributed by atoms with Crippen LogP contribution < -0.4 is 0 Å². The van der Waals surface area contributed by atoms with Crippen LogP contribution in [-0.4, -0.2) is 29.9 Å². The van der Waals surface area contributed by atoms with E-state index >= 15 is 0 Å². The summed E-state index contributed by atoms with van der Waals surface area (Å²) >= 11 is 6.07. The fourth-order valence-corrected chi connectivity index (χ4v) is 2.03. The summed E-state index contributed by atoms with van der Waals surface area (Å²) < 4.78 is 0. The molecule has 1 aromatic carbocycles. The van der Waals surface area contributed by atoms with Gasteiger partial charge in [0.1, 0.15) is 0 Å². The number of aryl methyl sites for hydroxylation is 1. The largest absolute Gasteiger partial charge is 0.357 e. The van der Waals surface area contributed by atoms with E-state index in [1.807, 2.05) is 25.1 Å². The van der Waals surface area contributed by atoms with Gasteiger partial charge >= 0.3 is 0 Å². The van der Waals surface area contributed by atoms with Crippen LogP contribution >= 0.6 is 11.6 Å². The van der Waals surface area contributed by atoms with Crippen molar-refractivity contribution in [1.29, 1.82) is 0 Å². The monoisotopic (exact) mass is 236 g/mol. The average molecular weight is 237 g/mol. The molecular formula is C12H13ClN2O. The number of rotatable bonds is 1. The van der Waals surface area contributed by atoms with Crippen LogP contribution in [0.5, 0.6) is 0 Å². The SMILES string of the molecule is Cc1[nH]c2c(Cl)cccc2c1C(=O)N(C)C. The number of hydrogen-bond acceptors (Lipinski definition) is 1. The molecule has 0 saturated heterocycles. The average Bonchev–Trinajstić information content (AvgIpc) is 2.55. The minimum Gasteiger partial charge on any atom is -0.357 e. The number of nitrogens with zero attached hydrogens (tertiary/aromatic N) is 1. The van der Waals surface area contributed by atoms with Crippen molar-refractivity contribution in [2.75, 3.05) is 14.1 Å². The number of benzene rings is 1. The third kappa shape index (κ3) is 1.57. The number of para-hydroxylation sites is 1. The van der Waals surface area contributed by atoms with Gasteiger partial charge in [-0.15, -0.1) is 0 Å². The first kappa shape index (κ1) is 11.0. The molecule has 0 aliphatic carbocycles. The highest BCUT2D eigenvalue weighted by molar-refractivity contribution is 6.35. The minimum absolute atomic E-state index is 0.00832. The third-order valence-corrected chi connectivity index (χ3v) is 2.91. The van der Waals surface area contributed by atoms with E-state index in [9.17, 15) is 4.79 Å². The van der Waals surface area contributed by atoms with Crippen molar-refractivity contribution in [1.82, 2.24) is 9.88 Å². The standard InChI is InChI=1S/C12H13ClN2O/c1-7-10(12(16)15(2)3)8-5-4-6-9(13)11(8)14-7/h4-6,14H,1-3H3. The number of carbonyl (C=O) groups excluding carboxylic acids is 1. The fourth-order valence-electron chi connectivity index (χ4n) is 1.81. The molecule has 2 aromatic rings. The van der Waals surface area contributed by atoms with Gasteiger partial charge in [-0.2, -0.15) is 0 Å². The first-order valence-electron chi connectivity index (χ1n) is 5.01. The Hall–Kier alpha value is -1.48. The molecule has 0 aliphatic heterocycles. The number of amides is 1. The molecule has 0 radical (unpaired) electrons. The van der Waals surface area contributed by atoms with Gasteiger partial charge < -0.3 is 9.88 Å². The lowest BCUT2D eigenvalue weighted by atomic mass is 10.1. The summed E-state index contributed by atoms with van der Waals surface area (Å²) in [7, 11) is 3.48. The van der Waals surface area contributed by atoms with Crippen LogP contribution in [0.4, 0.5) is 0 Å². The normalized spacial score (nSPS) is 10.8. The first-order chi connectivity index (χ1) is 7.52. The van der Waals surface area contributed by atoms with Gasteiger partial charge in [-0.1, -0.05) is 23.7 Å². The van der Waals surface area contributed by atoms with E-state index in [0.29, 0.717) is 10.6 Å². The summed E-state index contributed by atoms with van der Waals surface area (Å²) in [5.74, 6) is -0.00832. The van der Waals surface area contributed by atoms with E-state index in [-0.39, 0.29) is 5.91 Å². The number of H-pyrrole nitrogens is 1. The second kappa shape index (κ2) is 3.83. The molecule has 0 saturated carbocycles. The van der Waals surface area contributed by atoms with Crippen molar-refractivity contribution in [3.05, 3.63) is 34.5 Å².